The van der Waals surface area contributed by atoms with E-state index in [1.807, 2.05) is 107 Å². The minimum absolute atomic E-state index is 0.0869. The molecule has 3 amide bonds. The number of aliphatic hydroxyl groups excluding tert-OH is 1. The Morgan fingerprint density at radius 2 is 1.57 bits per heavy atom. The molecule has 2 bridgehead atoms. The number of aliphatic hydroxyl groups is 1. The summed E-state index contributed by atoms with van der Waals surface area (Å²) in [6.07, 6.45) is 0.809. The molecule has 0 radical (unpaired) electrons. The molecule has 3 aromatic carbocycles. The molecule has 230 valence electrons. The second-order valence-corrected chi connectivity index (χ2v) is 12.9. The number of nitrogens with zero attached hydrogens (tertiary/aromatic N) is 1. The number of fused-ring (bicyclic) bond motifs is 1. The normalized spacial score (nSPS) is 29.4. The summed E-state index contributed by atoms with van der Waals surface area (Å²) in [4.78, 5) is 44.7. The number of benzene rings is 3. The molecule has 0 saturated carbocycles. The van der Waals surface area contributed by atoms with Gasteiger partial charge in [0.1, 0.15) is 11.6 Å². The van der Waals surface area contributed by atoms with Gasteiger partial charge in [-0.25, -0.2) is 0 Å². The summed E-state index contributed by atoms with van der Waals surface area (Å²) in [6, 6.07) is 23.3. The number of anilines is 1. The van der Waals surface area contributed by atoms with Gasteiger partial charge in [0.25, 0.3) is 0 Å². The second kappa shape index (κ2) is 11.5. The lowest BCUT2D eigenvalue weighted by molar-refractivity contribution is -0.149. The van der Waals surface area contributed by atoms with Gasteiger partial charge >= 0.3 is 0 Å². The van der Waals surface area contributed by atoms with E-state index in [1.54, 1.807) is 0 Å². The van der Waals surface area contributed by atoms with Gasteiger partial charge in [-0.15, -0.1) is 0 Å². The third-order valence-corrected chi connectivity index (χ3v) is 10.2. The van der Waals surface area contributed by atoms with E-state index < -0.39 is 35.1 Å². The van der Waals surface area contributed by atoms with Gasteiger partial charge in [-0.05, 0) is 61.8 Å². The number of nitrogens with one attached hydrogen (secondary N) is 2. The quantitative estimate of drug-likeness (QED) is 0.344. The standard InChI is InChI=1S/C36H41N3O5/c1-22-12-11-13-23(2)30(22)38-33(42)31-36-19-24(3)35(4,44-36)28(32(41)37-20-26-16-9-6-10-17-26)29(36)34(43)39(31)27(21-40)18-25-14-7-5-8-15-25/h5-17,24,27-29,31,40H,18-21H2,1-4H3,(H,37,41)(H,38,42)/t24?,27-,28-,29+,31?,35+,36?/m1/s1. The number of amides is 3. The maximum Gasteiger partial charge on any atom is 0.250 e. The molecule has 1 spiro atoms. The third kappa shape index (κ3) is 4.81. The lowest BCUT2D eigenvalue weighted by Gasteiger charge is -2.37. The summed E-state index contributed by atoms with van der Waals surface area (Å²) in [6.45, 7) is 7.78. The molecule has 0 aromatic heterocycles. The molecular weight excluding hydrogens is 554 g/mol. The highest BCUT2D eigenvalue weighted by Gasteiger charge is 2.80. The summed E-state index contributed by atoms with van der Waals surface area (Å²) in [7, 11) is 0. The lowest BCUT2D eigenvalue weighted by atomic mass is 9.62. The van der Waals surface area contributed by atoms with Crippen molar-refractivity contribution in [1.82, 2.24) is 10.2 Å². The SMILES string of the molecule is Cc1cccc(C)c1NC(=O)C1N([C@@H](CO)Cc2ccccc2)C(=O)[C@@H]2[C@H](C(=O)NCc3ccccc3)[C@@]3(C)OC12CC3C. The van der Waals surface area contributed by atoms with E-state index in [0.717, 1.165) is 22.3 Å². The van der Waals surface area contributed by atoms with Crippen molar-refractivity contribution in [2.45, 2.75) is 70.4 Å². The van der Waals surface area contributed by atoms with Crippen LogP contribution in [0.1, 0.15) is 42.5 Å². The molecule has 3 aromatic rings. The first kappa shape index (κ1) is 30.0. The number of ether oxygens (including phenoxy) is 1. The van der Waals surface area contributed by atoms with E-state index in [2.05, 4.69) is 10.6 Å². The maximum absolute atomic E-state index is 14.7. The number of carbonyl (C=O) groups is 3. The predicted octanol–water partition coefficient (Wildman–Crippen LogP) is 4.17. The van der Waals surface area contributed by atoms with Crippen LogP contribution in [0.15, 0.2) is 78.9 Å². The summed E-state index contributed by atoms with van der Waals surface area (Å²) in [5.41, 5.74) is 2.24. The number of aryl methyl sites for hydroxylation is 2. The van der Waals surface area contributed by atoms with Crippen molar-refractivity contribution >= 4 is 23.4 Å². The molecule has 8 heteroatoms. The molecule has 3 heterocycles. The number of rotatable bonds is 9. The Morgan fingerprint density at radius 3 is 2.18 bits per heavy atom. The zero-order valence-electron chi connectivity index (χ0n) is 25.7. The highest BCUT2D eigenvalue weighted by molar-refractivity contribution is 6.04. The smallest absolute Gasteiger partial charge is 0.250 e. The number of hydrogen-bond acceptors (Lipinski definition) is 5. The first-order valence-corrected chi connectivity index (χ1v) is 15.5. The molecular formula is C36H41N3O5. The zero-order chi connectivity index (χ0) is 31.2. The first-order chi connectivity index (χ1) is 21.1. The second-order valence-electron chi connectivity index (χ2n) is 12.9. The number of para-hydroxylation sites is 1. The minimum atomic E-state index is -1.22. The van der Waals surface area contributed by atoms with Crippen molar-refractivity contribution in [2.24, 2.45) is 17.8 Å². The van der Waals surface area contributed by atoms with Crippen LogP contribution in [0.2, 0.25) is 0 Å². The highest BCUT2D eigenvalue weighted by Crippen LogP contribution is 2.65. The van der Waals surface area contributed by atoms with Gasteiger partial charge in [-0.2, -0.15) is 0 Å². The van der Waals surface area contributed by atoms with Crippen LogP contribution in [0.25, 0.3) is 0 Å². The topological polar surface area (TPSA) is 108 Å². The van der Waals surface area contributed by atoms with Gasteiger partial charge in [0.05, 0.1) is 30.1 Å². The van der Waals surface area contributed by atoms with Crippen LogP contribution < -0.4 is 10.6 Å². The summed E-state index contributed by atoms with van der Waals surface area (Å²) in [5, 5.41) is 16.9. The number of likely N-dealkylation sites (tertiary alicyclic amines) is 1. The van der Waals surface area contributed by atoms with Crippen molar-refractivity contribution in [3.63, 3.8) is 0 Å². The third-order valence-electron chi connectivity index (χ3n) is 10.2. The van der Waals surface area contributed by atoms with Crippen LogP contribution in [-0.2, 0) is 32.1 Å². The summed E-state index contributed by atoms with van der Waals surface area (Å²) in [5.74, 6) is -2.70. The first-order valence-electron chi connectivity index (χ1n) is 15.5. The molecule has 0 aliphatic carbocycles. The molecule has 3 fully saturated rings. The van der Waals surface area contributed by atoms with Crippen LogP contribution in [-0.4, -0.2) is 57.6 Å². The van der Waals surface area contributed by atoms with Crippen LogP contribution >= 0.6 is 0 Å². The van der Waals surface area contributed by atoms with Gasteiger partial charge in [-0.3, -0.25) is 14.4 Å². The molecule has 3 aliphatic rings. The molecule has 3 N–H and O–H groups in total. The Bertz CT molecular complexity index is 1540. The molecule has 6 rings (SSSR count). The maximum atomic E-state index is 14.7. The van der Waals surface area contributed by atoms with Crippen LogP contribution in [0.5, 0.6) is 0 Å². The van der Waals surface area contributed by atoms with Gasteiger partial charge in [0.15, 0.2) is 0 Å². The van der Waals surface area contributed by atoms with Crippen molar-refractivity contribution in [1.29, 1.82) is 0 Å². The fourth-order valence-electron chi connectivity index (χ4n) is 8.00. The van der Waals surface area contributed by atoms with Crippen molar-refractivity contribution < 1.29 is 24.2 Å². The summed E-state index contributed by atoms with van der Waals surface area (Å²) >= 11 is 0. The highest BCUT2D eigenvalue weighted by atomic mass is 16.5. The molecule has 8 nitrogen and oxygen atoms in total. The zero-order valence-corrected chi connectivity index (χ0v) is 25.7. The van der Waals surface area contributed by atoms with Gasteiger partial charge in [0, 0.05) is 12.2 Å². The van der Waals surface area contributed by atoms with Crippen LogP contribution in [0.4, 0.5) is 5.69 Å². The van der Waals surface area contributed by atoms with Crippen LogP contribution in [0, 0.1) is 31.6 Å². The monoisotopic (exact) mass is 595 g/mol. The largest absolute Gasteiger partial charge is 0.394 e. The molecule has 7 atom stereocenters. The fourth-order valence-corrected chi connectivity index (χ4v) is 8.00. The molecule has 3 aliphatic heterocycles. The number of carbonyl (C=O) groups excluding carboxylic acids is 3. The van der Waals surface area contributed by atoms with E-state index in [1.165, 1.54) is 4.90 Å². The van der Waals surface area contributed by atoms with E-state index in [9.17, 15) is 19.5 Å². The molecule has 3 unspecified atom stereocenters. The van der Waals surface area contributed by atoms with E-state index >= 15 is 0 Å². The predicted molar refractivity (Wildman–Crippen MR) is 167 cm³/mol. The van der Waals surface area contributed by atoms with Gasteiger partial charge < -0.3 is 25.4 Å². The Labute approximate surface area is 258 Å². The number of hydrogen-bond donors (Lipinski definition) is 3. The van der Waals surface area contributed by atoms with Crippen LogP contribution in [0.3, 0.4) is 0 Å². The Balaban J connectivity index is 1.40. The van der Waals surface area contributed by atoms with Gasteiger partial charge in [-0.1, -0.05) is 85.8 Å². The Kier molecular flexibility index (Phi) is 7.84. The molecule has 3 saturated heterocycles. The van der Waals surface area contributed by atoms with Crippen molar-refractivity contribution in [2.75, 3.05) is 11.9 Å². The van der Waals surface area contributed by atoms with Crippen molar-refractivity contribution in [3.05, 3.63) is 101 Å². The fraction of sp³-hybridized carbons (Fsp3) is 0.417. The average molecular weight is 596 g/mol. The van der Waals surface area contributed by atoms with Gasteiger partial charge in [0.2, 0.25) is 17.7 Å². The Morgan fingerprint density at radius 1 is 0.955 bits per heavy atom. The Hall–Kier alpha value is -4.01. The minimum Gasteiger partial charge on any atom is -0.394 e. The lowest BCUT2D eigenvalue weighted by Crippen LogP contribution is -2.57. The van der Waals surface area contributed by atoms with E-state index in [4.69, 9.17) is 4.74 Å². The average Bonchev–Trinajstić information content (AvgIpc) is 3.54. The van der Waals surface area contributed by atoms with E-state index in [-0.39, 0.29) is 30.2 Å². The van der Waals surface area contributed by atoms with E-state index in [0.29, 0.717) is 25.1 Å². The summed E-state index contributed by atoms with van der Waals surface area (Å²) < 4.78 is 6.88. The molecule has 44 heavy (non-hydrogen) atoms. The van der Waals surface area contributed by atoms with Crippen molar-refractivity contribution in [3.8, 4) is 0 Å².